The molecule has 0 amide bonds. The van der Waals surface area contributed by atoms with E-state index in [0.717, 1.165) is 31.5 Å². The Morgan fingerprint density at radius 2 is 1.17 bits per heavy atom. The van der Waals surface area contributed by atoms with Crippen LogP contribution in [0.15, 0.2) is 24.3 Å². The van der Waals surface area contributed by atoms with Crippen molar-refractivity contribution in [3.8, 4) is 0 Å². The fraction of sp³-hybridized carbons (Fsp3) is 0.750. The van der Waals surface area contributed by atoms with E-state index in [2.05, 4.69) is 12.2 Å². The molecular weight excluding hydrogens is 406 g/mol. The van der Waals surface area contributed by atoms with Crippen LogP contribution in [0.5, 0.6) is 0 Å². The first kappa shape index (κ1) is 30.8. The molecule has 0 aliphatic carbocycles. The van der Waals surface area contributed by atoms with Gasteiger partial charge in [0.05, 0.1) is 0 Å². The summed E-state index contributed by atoms with van der Waals surface area (Å²) in [4.78, 5) is 0. The Kier molecular flexibility index (Phi) is 23.8. The van der Waals surface area contributed by atoms with Gasteiger partial charge in [-0.3, -0.25) is 0 Å². The molecule has 2 nitrogen and oxygen atoms in total. The average Bonchev–Trinajstić information content (AvgIpc) is 2.68. The number of hydrogen-bond donors (Lipinski definition) is 2. The molecule has 0 bridgehead atoms. The van der Waals surface area contributed by atoms with Crippen molar-refractivity contribution >= 4 is 24.8 Å². The Labute approximate surface area is 191 Å². The zero-order chi connectivity index (χ0) is 19.6. The van der Waals surface area contributed by atoms with E-state index >= 15 is 0 Å². The van der Waals surface area contributed by atoms with Gasteiger partial charge in [-0.1, -0.05) is 89.7 Å². The molecule has 0 aromatic heterocycles. The van der Waals surface area contributed by atoms with Crippen molar-refractivity contribution in [1.29, 1.82) is 0 Å². The molecule has 0 aliphatic rings. The SMILES string of the molecule is CCCCCCCCCCCCCCNCCCC(N)c1ccc(F)cc1.Cl.Cl. The van der Waals surface area contributed by atoms with Crippen LogP contribution in [0, 0.1) is 5.82 Å². The molecular formula is C24H45Cl2FN2. The smallest absolute Gasteiger partial charge is 0.123 e. The lowest BCUT2D eigenvalue weighted by Gasteiger charge is -2.12. The first-order chi connectivity index (χ1) is 13.2. The third-order valence-corrected chi connectivity index (χ3v) is 5.37. The van der Waals surface area contributed by atoms with E-state index in [0.29, 0.717) is 0 Å². The minimum atomic E-state index is -0.199. The highest BCUT2D eigenvalue weighted by Crippen LogP contribution is 2.16. The van der Waals surface area contributed by atoms with Crippen molar-refractivity contribution in [3.63, 3.8) is 0 Å². The number of benzene rings is 1. The molecule has 0 heterocycles. The largest absolute Gasteiger partial charge is 0.324 e. The molecule has 0 radical (unpaired) electrons. The third kappa shape index (κ3) is 18.2. The van der Waals surface area contributed by atoms with Crippen LogP contribution < -0.4 is 11.1 Å². The summed E-state index contributed by atoms with van der Waals surface area (Å²) in [5, 5.41) is 3.52. The second kappa shape index (κ2) is 22.3. The maximum atomic E-state index is 12.9. The van der Waals surface area contributed by atoms with Crippen LogP contribution in [0.2, 0.25) is 0 Å². The standard InChI is InChI=1S/C24H43FN2.2ClH/c1-2-3-4-5-6-7-8-9-10-11-12-13-20-27-21-14-15-24(26)22-16-18-23(25)19-17-22;;/h16-19,24,27H,2-15,20-21,26H2,1H3;2*1H. The summed E-state index contributed by atoms with van der Waals surface area (Å²) < 4.78 is 12.9. The van der Waals surface area contributed by atoms with Crippen LogP contribution in [0.3, 0.4) is 0 Å². The normalized spacial score (nSPS) is 11.6. The highest BCUT2D eigenvalue weighted by molar-refractivity contribution is 5.85. The highest BCUT2D eigenvalue weighted by atomic mass is 35.5. The molecule has 3 N–H and O–H groups in total. The topological polar surface area (TPSA) is 38.0 Å². The summed E-state index contributed by atoms with van der Waals surface area (Å²) in [6.07, 6.45) is 18.8. The second-order valence-corrected chi connectivity index (χ2v) is 7.94. The van der Waals surface area contributed by atoms with Gasteiger partial charge in [-0.05, 0) is 50.0 Å². The van der Waals surface area contributed by atoms with Crippen LogP contribution >= 0.6 is 24.8 Å². The van der Waals surface area contributed by atoms with Gasteiger partial charge in [0.25, 0.3) is 0 Å². The molecule has 1 unspecified atom stereocenters. The van der Waals surface area contributed by atoms with Gasteiger partial charge in [-0.2, -0.15) is 0 Å². The molecule has 5 heteroatoms. The van der Waals surface area contributed by atoms with Crippen molar-refractivity contribution in [2.24, 2.45) is 5.73 Å². The van der Waals surface area contributed by atoms with Gasteiger partial charge in [0.1, 0.15) is 5.82 Å². The molecule has 1 aromatic carbocycles. The Morgan fingerprint density at radius 3 is 1.69 bits per heavy atom. The fourth-order valence-electron chi connectivity index (χ4n) is 3.54. The van der Waals surface area contributed by atoms with Crippen LogP contribution in [-0.4, -0.2) is 13.1 Å². The predicted molar refractivity (Wildman–Crippen MR) is 131 cm³/mol. The first-order valence-electron chi connectivity index (χ1n) is 11.5. The molecule has 1 rings (SSSR count). The van der Waals surface area contributed by atoms with E-state index in [1.165, 1.54) is 89.2 Å². The lowest BCUT2D eigenvalue weighted by molar-refractivity contribution is 0.524. The summed E-state index contributed by atoms with van der Waals surface area (Å²) in [5.41, 5.74) is 7.18. The van der Waals surface area contributed by atoms with E-state index in [4.69, 9.17) is 5.73 Å². The van der Waals surface area contributed by atoms with Crippen molar-refractivity contribution < 1.29 is 4.39 Å². The van der Waals surface area contributed by atoms with Crippen LogP contribution in [0.4, 0.5) is 4.39 Å². The Bertz CT molecular complexity index is 443. The average molecular weight is 452 g/mol. The summed E-state index contributed by atoms with van der Waals surface area (Å²) >= 11 is 0. The molecule has 0 aliphatic heterocycles. The Hall–Kier alpha value is -0.350. The quantitative estimate of drug-likeness (QED) is 0.224. The molecule has 1 aromatic rings. The van der Waals surface area contributed by atoms with Gasteiger partial charge in [0, 0.05) is 6.04 Å². The summed E-state index contributed by atoms with van der Waals surface area (Å²) in [5.74, 6) is -0.199. The van der Waals surface area contributed by atoms with Gasteiger partial charge < -0.3 is 11.1 Å². The van der Waals surface area contributed by atoms with Gasteiger partial charge in [0.15, 0.2) is 0 Å². The van der Waals surface area contributed by atoms with Crippen molar-refractivity contribution in [1.82, 2.24) is 5.32 Å². The molecule has 0 saturated heterocycles. The number of nitrogens with two attached hydrogens (primary N) is 1. The Morgan fingerprint density at radius 1 is 0.724 bits per heavy atom. The highest BCUT2D eigenvalue weighted by Gasteiger charge is 2.05. The number of rotatable bonds is 18. The molecule has 0 fully saturated rings. The van der Waals surface area contributed by atoms with Gasteiger partial charge in [0.2, 0.25) is 0 Å². The molecule has 1 atom stereocenters. The minimum absolute atomic E-state index is 0. The maximum absolute atomic E-state index is 12.9. The lowest BCUT2D eigenvalue weighted by atomic mass is 10.0. The predicted octanol–water partition coefficient (Wildman–Crippen LogP) is 7.74. The van der Waals surface area contributed by atoms with Crippen LogP contribution in [0.25, 0.3) is 0 Å². The van der Waals surface area contributed by atoms with Crippen molar-refractivity contribution in [2.75, 3.05) is 13.1 Å². The molecule has 172 valence electrons. The summed E-state index contributed by atoms with van der Waals surface area (Å²) in [7, 11) is 0. The zero-order valence-corrected chi connectivity index (χ0v) is 20.1. The fourth-order valence-corrected chi connectivity index (χ4v) is 3.54. The monoisotopic (exact) mass is 450 g/mol. The van der Waals surface area contributed by atoms with E-state index in [9.17, 15) is 4.39 Å². The molecule has 0 saturated carbocycles. The van der Waals surface area contributed by atoms with E-state index < -0.39 is 0 Å². The lowest BCUT2D eigenvalue weighted by Crippen LogP contribution is -2.19. The summed E-state index contributed by atoms with van der Waals surface area (Å²) in [6.45, 7) is 4.41. The number of nitrogens with one attached hydrogen (secondary N) is 1. The number of unbranched alkanes of at least 4 members (excludes halogenated alkanes) is 11. The molecule has 29 heavy (non-hydrogen) atoms. The zero-order valence-electron chi connectivity index (χ0n) is 18.5. The summed E-state index contributed by atoms with van der Waals surface area (Å²) in [6, 6.07) is 6.57. The number of halogens is 3. The van der Waals surface area contributed by atoms with Crippen molar-refractivity contribution in [3.05, 3.63) is 35.6 Å². The third-order valence-electron chi connectivity index (χ3n) is 5.37. The van der Waals surface area contributed by atoms with E-state index in [1.54, 1.807) is 12.1 Å². The van der Waals surface area contributed by atoms with Gasteiger partial charge in [-0.15, -0.1) is 24.8 Å². The second-order valence-electron chi connectivity index (χ2n) is 7.94. The van der Waals surface area contributed by atoms with E-state index in [1.807, 2.05) is 0 Å². The van der Waals surface area contributed by atoms with Crippen molar-refractivity contribution in [2.45, 2.75) is 103 Å². The van der Waals surface area contributed by atoms with Gasteiger partial charge >= 0.3 is 0 Å². The maximum Gasteiger partial charge on any atom is 0.123 e. The van der Waals surface area contributed by atoms with Gasteiger partial charge in [-0.25, -0.2) is 4.39 Å². The molecule has 0 spiro atoms. The Balaban J connectivity index is 0. The van der Waals surface area contributed by atoms with Crippen LogP contribution in [-0.2, 0) is 0 Å². The number of hydrogen-bond acceptors (Lipinski definition) is 2. The minimum Gasteiger partial charge on any atom is -0.324 e. The van der Waals surface area contributed by atoms with E-state index in [-0.39, 0.29) is 36.7 Å². The first-order valence-corrected chi connectivity index (χ1v) is 11.5. The van der Waals surface area contributed by atoms with Crippen LogP contribution in [0.1, 0.15) is 108 Å².